The van der Waals surface area contributed by atoms with Crippen LogP contribution < -0.4 is 0 Å². The SMILES string of the molecule is CC/C=C\C/C=C\C/C=C\C/C=C\C/C=C\C/C=C\CCC(=O)OC[C@@H](COC(=O)CCCCCCCCCCCC)OC(=O)CCCCCCC/C=C\CCCCCC. The Labute approximate surface area is 369 Å². The average Bonchev–Trinajstić information content (AvgIpc) is 3.24. The molecule has 0 aliphatic carbocycles. The molecule has 0 aliphatic rings. The molecule has 342 valence electrons. The lowest BCUT2D eigenvalue weighted by Crippen LogP contribution is -2.30. The Morgan fingerprint density at radius 2 is 0.683 bits per heavy atom. The zero-order chi connectivity index (χ0) is 43.7. The minimum absolute atomic E-state index is 0.102. The Hall–Kier alpha value is -3.41. The van der Waals surface area contributed by atoms with Gasteiger partial charge in [-0.05, 0) is 83.5 Å². The van der Waals surface area contributed by atoms with Gasteiger partial charge in [-0.3, -0.25) is 14.4 Å². The van der Waals surface area contributed by atoms with Gasteiger partial charge in [-0.2, -0.15) is 0 Å². The Morgan fingerprint density at radius 1 is 0.350 bits per heavy atom. The molecule has 0 amide bonds. The highest BCUT2D eigenvalue weighted by molar-refractivity contribution is 5.71. The minimum Gasteiger partial charge on any atom is -0.462 e. The highest BCUT2D eigenvalue weighted by atomic mass is 16.6. The summed E-state index contributed by atoms with van der Waals surface area (Å²) >= 11 is 0. The predicted molar refractivity (Wildman–Crippen MR) is 256 cm³/mol. The smallest absolute Gasteiger partial charge is 0.306 e. The summed E-state index contributed by atoms with van der Waals surface area (Å²) in [6, 6.07) is 0. The van der Waals surface area contributed by atoms with Crippen molar-refractivity contribution < 1.29 is 28.6 Å². The van der Waals surface area contributed by atoms with E-state index in [4.69, 9.17) is 14.2 Å². The Kier molecular flexibility index (Phi) is 45.5. The molecule has 0 unspecified atom stereocenters. The molecular formula is C54H90O6. The molecule has 0 aromatic carbocycles. The zero-order valence-corrected chi connectivity index (χ0v) is 38.9. The fourth-order valence-corrected chi connectivity index (χ4v) is 6.46. The van der Waals surface area contributed by atoms with Crippen LogP contribution in [-0.2, 0) is 28.6 Å². The molecule has 60 heavy (non-hydrogen) atoms. The summed E-state index contributed by atoms with van der Waals surface area (Å²) in [6.45, 7) is 6.41. The first kappa shape index (κ1) is 56.6. The van der Waals surface area contributed by atoms with Crippen molar-refractivity contribution in [1.29, 1.82) is 0 Å². The van der Waals surface area contributed by atoms with Gasteiger partial charge in [0, 0.05) is 19.3 Å². The van der Waals surface area contributed by atoms with Crippen LogP contribution in [0.1, 0.15) is 220 Å². The second-order valence-corrected chi connectivity index (χ2v) is 16.0. The number of carbonyl (C=O) groups excluding carboxylic acids is 3. The van der Waals surface area contributed by atoms with Crippen LogP contribution in [0.25, 0.3) is 0 Å². The van der Waals surface area contributed by atoms with E-state index in [0.717, 1.165) is 89.9 Å². The van der Waals surface area contributed by atoms with Gasteiger partial charge in [-0.1, -0.05) is 202 Å². The number of rotatable bonds is 43. The summed E-state index contributed by atoms with van der Waals surface area (Å²) in [6.07, 6.45) is 61.5. The van der Waals surface area contributed by atoms with Gasteiger partial charge in [0.25, 0.3) is 0 Å². The van der Waals surface area contributed by atoms with Gasteiger partial charge in [0.1, 0.15) is 13.2 Å². The van der Waals surface area contributed by atoms with Gasteiger partial charge in [0.2, 0.25) is 0 Å². The summed E-state index contributed by atoms with van der Waals surface area (Å²) in [5, 5.41) is 0. The largest absolute Gasteiger partial charge is 0.462 e. The van der Waals surface area contributed by atoms with Crippen molar-refractivity contribution >= 4 is 17.9 Å². The lowest BCUT2D eigenvalue weighted by molar-refractivity contribution is -0.166. The number of ether oxygens (including phenoxy) is 3. The molecule has 0 N–H and O–H groups in total. The van der Waals surface area contributed by atoms with Crippen molar-refractivity contribution in [2.24, 2.45) is 0 Å². The van der Waals surface area contributed by atoms with Crippen molar-refractivity contribution in [3.05, 3.63) is 85.1 Å². The first-order valence-corrected chi connectivity index (χ1v) is 24.6. The van der Waals surface area contributed by atoms with Gasteiger partial charge in [-0.15, -0.1) is 0 Å². The third-order valence-corrected chi connectivity index (χ3v) is 10.1. The molecule has 0 spiro atoms. The van der Waals surface area contributed by atoms with E-state index in [0.29, 0.717) is 19.3 Å². The van der Waals surface area contributed by atoms with Crippen LogP contribution >= 0.6 is 0 Å². The first-order valence-electron chi connectivity index (χ1n) is 24.6. The lowest BCUT2D eigenvalue weighted by atomic mass is 10.1. The molecule has 0 aromatic heterocycles. The standard InChI is InChI=1S/C54H90O6/c1-4-7-10-13-16-19-22-24-25-26-27-28-29-31-32-35-38-41-44-47-53(56)59-50-51(49-58-52(55)46-43-40-37-34-21-18-15-12-9-6-3)60-54(57)48-45-42-39-36-33-30-23-20-17-14-11-8-5-2/h7,10,16,19-20,23-25,27-28,31-32,38,41,51H,4-6,8-9,11-15,17-18,21-22,26,29-30,33-37,39-40,42-50H2,1-3H3/b10-7-,19-16-,23-20-,25-24-,28-27-,32-31-,41-38-/t51-/m1/s1. The molecule has 0 saturated carbocycles. The van der Waals surface area contributed by atoms with Crippen LogP contribution in [-0.4, -0.2) is 37.2 Å². The summed E-state index contributed by atoms with van der Waals surface area (Å²) in [5.74, 6) is -1.00. The van der Waals surface area contributed by atoms with E-state index in [2.05, 4.69) is 93.7 Å². The van der Waals surface area contributed by atoms with Gasteiger partial charge in [-0.25, -0.2) is 0 Å². The fraction of sp³-hybridized carbons (Fsp3) is 0.685. The van der Waals surface area contributed by atoms with Crippen LogP contribution in [0.3, 0.4) is 0 Å². The van der Waals surface area contributed by atoms with E-state index < -0.39 is 6.10 Å². The summed E-state index contributed by atoms with van der Waals surface area (Å²) < 4.78 is 16.7. The number of allylic oxidation sites excluding steroid dienone is 14. The zero-order valence-electron chi connectivity index (χ0n) is 38.9. The monoisotopic (exact) mass is 835 g/mol. The maximum atomic E-state index is 12.7. The summed E-state index contributed by atoms with van der Waals surface area (Å²) in [5.41, 5.74) is 0. The van der Waals surface area contributed by atoms with Crippen LogP contribution in [0.4, 0.5) is 0 Å². The van der Waals surface area contributed by atoms with Crippen LogP contribution in [0.15, 0.2) is 85.1 Å². The second-order valence-electron chi connectivity index (χ2n) is 16.0. The van der Waals surface area contributed by atoms with Crippen LogP contribution in [0.5, 0.6) is 0 Å². The summed E-state index contributed by atoms with van der Waals surface area (Å²) in [4.78, 5) is 37.8. The molecule has 0 radical (unpaired) electrons. The van der Waals surface area contributed by atoms with Gasteiger partial charge in [0.15, 0.2) is 6.10 Å². The Bertz CT molecular complexity index is 1190. The first-order chi connectivity index (χ1) is 29.5. The Morgan fingerprint density at radius 3 is 1.13 bits per heavy atom. The quantitative estimate of drug-likeness (QED) is 0.0263. The second kappa shape index (κ2) is 48.3. The molecule has 0 saturated heterocycles. The van der Waals surface area contributed by atoms with E-state index in [1.165, 1.54) is 83.5 Å². The van der Waals surface area contributed by atoms with Crippen molar-refractivity contribution in [3.8, 4) is 0 Å². The predicted octanol–water partition coefficient (Wildman–Crippen LogP) is 16.0. The van der Waals surface area contributed by atoms with Gasteiger partial charge in [0.05, 0.1) is 0 Å². The maximum Gasteiger partial charge on any atom is 0.306 e. The van der Waals surface area contributed by atoms with Crippen molar-refractivity contribution in [2.45, 2.75) is 226 Å². The maximum absolute atomic E-state index is 12.7. The highest BCUT2D eigenvalue weighted by Crippen LogP contribution is 2.13. The third kappa shape index (κ3) is 45.7. The fourth-order valence-electron chi connectivity index (χ4n) is 6.46. The molecule has 6 nitrogen and oxygen atoms in total. The molecule has 0 aromatic rings. The van der Waals surface area contributed by atoms with Crippen LogP contribution in [0, 0.1) is 0 Å². The highest BCUT2D eigenvalue weighted by Gasteiger charge is 2.19. The number of esters is 3. The average molecular weight is 835 g/mol. The van der Waals surface area contributed by atoms with Gasteiger partial charge >= 0.3 is 17.9 Å². The lowest BCUT2D eigenvalue weighted by Gasteiger charge is -2.18. The van der Waals surface area contributed by atoms with E-state index in [1.54, 1.807) is 0 Å². The van der Waals surface area contributed by atoms with Crippen LogP contribution in [0.2, 0.25) is 0 Å². The molecular weight excluding hydrogens is 745 g/mol. The van der Waals surface area contributed by atoms with E-state index in [-0.39, 0.29) is 37.5 Å². The molecule has 1 atom stereocenters. The van der Waals surface area contributed by atoms with E-state index >= 15 is 0 Å². The Balaban J connectivity index is 4.49. The number of unbranched alkanes of at least 4 members (excludes halogenated alkanes) is 18. The molecule has 0 bridgehead atoms. The normalized spacial score (nSPS) is 12.8. The molecule has 0 aliphatic heterocycles. The molecule has 0 rings (SSSR count). The van der Waals surface area contributed by atoms with Crippen molar-refractivity contribution in [3.63, 3.8) is 0 Å². The number of hydrogen-bond donors (Lipinski definition) is 0. The molecule has 0 fully saturated rings. The number of hydrogen-bond acceptors (Lipinski definition) is 6. The van der Waals surface area contributed by atoms with E-state index in [1.807, 2.05) is 12.2 Å². The van der Waals surface area contributed by atoms with Gasteiger partial charge < -0.3 is 14.2 Å². The van der Waals surface area contributed by atoms with Crippen molar-refractivity contribution in [1.82, 2.24) is 0 Å². The third-order valence-electron chi connectivity index (χ3n) is 10.1. The topological polar surface area (TPSA) is 78.9 Å². The number of carbonyl (C=O) groups is 3. The minimum atomic E-state index is -0.808. The summed E-state index contributed by atoms with van der Waals surface area (Å²) in [7, 11) is 0. The van der Waals surface area contributed by atoms with Crippen molar-refractivity contribution in [2.75, 3.05) is 13.2 Å². The van der Waals surface area contributed by atoms with E-state index in [9.17, 15) is 14.4 Å². The molecule has 0 heterocycles. The molecule has 6 heteroatoms.